The van der Waals surface area contributed by atoms with Gasteiger partial charge in [-0.1, -0.05) is 35.3 Å². The Hall–Kier alpha value is -1.81. The Morgan fingerprint density at radius 3 is 2.62 bits per heavy atom. The van der Waals surface area contributed by atoms with Gasteiger partial charge in [0.15, 0.2) is 0 Å². The standard InChI is InChI=1S/C19H17Cl2NO2/c1-12-6-18-16(9-17(12)21)14(8-19(23)24-18)11-22(2)10-13-4-3-5-15(20)7-13/h3-9H,10-11H2,1-2H3. The number of benzene rings is 2. The summed E-state index contributed by atoms with van der Waals surface area (Å²) < 4.78 is 5.30. The number of fused-ring (bicyclic) bond motifs is 1. The smallest absolute Gasteiger partial charge is 0.336 e. The summed E-state index contributed by atoms with van der Waals surface area (Å²) >= 11 is 12.3. The summed E-state index contributed by atoms with van der Waals surface area (Å²) in [4.78, 5) is 14.0. The number of rotatable bonds is 4. The van der Waals surface area contributed by atoms with Crippen LogP contribution in [-0.2, 0) is 13.1 Å². The Labute approximate surface area is 150 Å². The zero-order valence-electron chi connectivity index (χ0n) is 13.5. The van der Waals surface area contributed by atoms with Crippen molar-refractivity contribution in [1.82, 2.24) is 4.90 Å². The third kappa shape index (κ3) is 3.81. The first-order valence-corrected chi connectivity index (χ1v) is 8.34. The third-order valence-electron chi connectivity index (χ3n) is 3.89. The van der Waals surface area contributed by atoms with Crippen molar-refractivity contribution in [2.24, 2.45) is 0 Å². The maximum atomic E-state index is 11.8. The molecule has 0 radical (unpaired) electrons. The van der Waals surface area contributed by atoms with E-state index in [-0.39, 0.29) is 5.63 Å². The van der Waals surface area contributed by atoms with Crippen molar-refractivity contribution in [3.05, 3.63) is 79.6 Å². The van der Waals surface area contributed by atoms with Gasteiger partial charge in [-0.25, -0.2) is 4.79 Å². The van der Waals surface area contributed by atoms with Crippen LogP contribution < -0.4 is 5.63 Å². The quantitative estimate of drug-likeness (QED) is 0.610. The molecule has 5 heteroatoms. The Morgan fingerprint density at radius 2 is 1.88 bits per heavy atom. The van der Waals surface area contributed by atoms with Crippen LogP contribution in [0.3, 0.4) is 0 Å². The molecule has 0 aliphatic rings. The molecule has 0 aliphatic heterocycles. The molecular weight excluding hydrogens is 345 g/mol. The fourth-order valence-electron chi connectivity index (χ4n) is 2.77. The van der Waals surface area contributed by atoms with Crippen molar-refractivity contribution < 1.29 is 4.42 Å². The van der Waals surface area contributed by atoms with Crippen LogP contribution in [0.1, 0.15) is 16.7 Å². The lowest BCUT2D eigenvalue weighted by Crippen LogP contribution is -2.18. The molecule has 1 aromatic heterocycles. The largest absolute Gasteiger partial charge is 0.423 e. The maximum Gasteiger partial charge on any atom is 0.336 e. The van der Waals surface area contributed by atoms with E-state index in [1.807, 2.05) is 44.3 Å². The Morgan fingerprint density at radius 1 is 1.08 bits per heavy atom. The van der Waals surface area contributed by atoms with E-state index < -0.39 is 0 Å². The van der Waals surface area contributed by atoms with Crippen molar-refractivity contribution >= 4 is 34.2 Å². The number of halogens is 2. The van der Waals surface area contributed by atoms with Crippen molar-refractivity contribution in [3.8, 4) is 0 Å². The van der Waals surface area contributed by atoms with Gasteiger partial charge >= 0.3 is 5.63 Å². The fourth-order valence-corrected chi connectivity index (χ4v) is 3.15. The van der Waals surface area contributed by atoms with E-state index in [1.54, 1.807) is 6.07 Å². The minimum Gasteiger partial charge on any atom is -0.423 e. The molecule has 0 aliphatic carbocycles. The summed E-state index contributed by atoms with van der Waals surface area (Å²) in [6.07, 6.45) is 0. The molecule has 0 fully saturated rings. The van der Waals surface area contributed by atoms with Crippen LogP contribution in [-0.4, -0.2) is 11.9 Å². The molecule has 0 unspecified atom stereocenters. The molecule has 124 valence electrons. The van der Waals surface area contributed by atoms with Crippen LogP contribution in [0.5, 0.6) is 0 Å². The number of nitrogens with zero attached hydrogens (tertiary/aromatic N) is 1. The van der Waals surface area contributed by atoms with Crippen molar-refractivity contribution in [1.29, 1.82) is 0 Å². The highest BCUT2D eigenvalue weighted by atomic mass is 35.5. The maximum absolute atomic E-state index is 11.8. The zero-order valence-corrected chi connectivity index (χ0v) is 15.0. The summed E-state index contributed by atoms with van der Waals surface area (Å²) in [5.74, 6) is 0. The van der Waals surface area contributed by atoms with E-state index in [2.05, 4.69) is 4.90 Å². The molecular formula is C19H17Cl2NO2. The average Bonchev–Trinajstić information content (AvgIpc) is 2.49. The van der Waals surface area contributed by atoms with Gasteiger partial charge in [0.25, 0.3) is 0 Å². The van der Waals surface area contributed by atoms with Gasteiger partial charge in [0, 0.05) is 34.6 Å². The first-order valence-electron chi connectivity index (χ1n) is 7.58. The first-order chi connectivity index (χ1) is 11.4. The first kappa shape index (κ1) is 17.0. The van der Waals surface area contributed by atoms with Gasteiger partial charge in [-0.3, -0.25) is 4.90 Å². The Bertz CT molecular complexity index is 950. The second-order valence-electron chi connectivity index (χ2n) is 5.99. The molecule has 0 saturated carbocycles. The summed E-state index contributed by atoms with van der Waals surface area (Å²) in [5.41, 5.74) is 3.11. The van der Waals surface area contributed by atoms with E-state index in [0.717, 1.165) is 28.6 Å². The lowest BCUT2D eigenvalue weighted by Gasteiger charge is -2.18. The molecule has 3 rings (SSSR count). The van der Waals surface area contributed by atoms with Crippen molar-refractivity contribution in [2.45, 2.75) is 20.0 Å². The van der Waals surface area contributed by atoms with E-state index in [9.17, 15) is 4.79 Å². The lowest BCUT2D eigenvalue weighted by atomic mass is 10.1. The monoisotopic (exact) mass is 361 g/mol. The molecule has 2 aromatic carbocycles. The van der Waals surface area contributed by atoms with Crippen LogP contribution >= 0.6 is 23.2 Å². The van der Waals surface area contributed by atoms with Gasteiger partial charge in [0.2, 0.25) is 0 Å². The molecule has 0 N–H and O–H groups in total. The second kappa shape index (κ2) is 6.98. The van der Waals surface area contributed by atoms with Gasteiger partial charge < -0.3 is 4.42 Å². The molecule has 0 bridgehead atoms. The molecule has 0 amide bonds. The zero-order chi connectivity index (χ0) is 17.3. The molecule has 0 spiro atoms. The highest BCUT2D eigenvalue weighted by molar-refractivity contribution is 6.32. The minimum absolute atomic E-state index is 0.352. The highest BCUT2D eigenvalue weighted by Crippen LogP contribution is 2.26. The summed E-state index contributed by atoms with van der Waals surface area (Å²) in [6, 6.07) is 12.9. The summed E-state index contributed by atoms with van der Waals surface area (Å²) in [6.45, 7) is 3.22. The van der Waals surface area contributed by atoms with Gasteiger partial charge in [0.05, 0.1) is 0 Å². The van der Waals surface area contributed by atoms with Gasteiger partial charge in [0.1, 0.15) is 5.58 Å². The highest BCUT2D eigenvalue weighted by Gasteiger charge is 2.11. The lowest BCUT2D eigenvalue weighted by molar-refractivity contribution is 0.319. The normalized spacial score (nSPS) is 11.4. The number of aryl methyl sites for hydroxylation is 1. The van der Waals surface area contributed by atoms with E-state index in [0.29, 0.717) is 22.2 Å². The van der Waals surface area contributed by atoms with Gasteiger partial charge in [-0.05, 0) is 54.9 Å². The van der Waals surface area contributed by atoms with Crippen LogP contribution in [0.25, 0.3) is 11.0 Å². The second-order valence-corrected chi connectivity index (χ2v) is 6.83. The fraction of sp³-hybridized carbons (Fsp3) is 0.211. The third-order valence-corrected chi connectivity index (χ3v) is 4.53. The average molecular weight is 362 g/mol. The molecule has 3 nitrogen and oxygen atoms in total. The van der Waals surface area contributed by atoms with Crippen LogP contribution in [0.4, 0.5) is 0 Å². The van der Waals surface area contributed by atoms with Gasteiger partial charge in [-0.15, -0.1) is 0 Å². The topological polar surface area (TPSA) is 33.5 Å². The predicted molar refractivity (Wildman–Crippen MR) is 98.9 cm³/mol. The van der Waals surface area contributed by atoms with Crippen LogP contribution in [0.2, 0.25) is 10.0 Å². The predicted octanol–water partition coefficient (Wildman–Crippen LogP) is 5.04. The van der Waals surface area contributed by atoms with Crippen LogP contribution in [0.15, 0.2) is 51.7 Å². The number of hydrogen-bond donors (Lipinski definition) is 0. The molecule has 0 atom stereocenters. The summed E-state index contributed by atoms with van der Waals surface area (Å²) in [7, 11) is 2.00. The van der Waals surface area contributed by atoms with E-state index in [4.69, 9.17) is 27.6 Å². The minimum atomic E-state index is -0.352. The molecule has 24 heavy (non-hydrogen) atoms. The Kier molecular flexibility index (Phi) is 4.95. The summed E-state index contributed by atoms with van der Waals surface area (Å²) in [5, 5.41) is 2.24. The van der Waals surface area contributed by atoms with Gasteiger partial charge in [-0.2, -0.15) is 0 Å². The number of hydrogen-bond acceptors (Lipinski definition) is 3. The van der Waals surface area contributed by atoms with Crippen molar-refractivity contribution in [2.75, 3.05) is 7.05 Å². The van der Waals surface area contributed by atoms with E-state index >= 15 is 0 Å². The van der Waals surface area contributed by atoms with E-state index in [1.165, 1.54) is 6.07 Å². The molecule has 3 aromatic rings. The molecule has 1 heterocycles. The van der Waals surface area contributed by atoms with Crippen LogP contribution in [0, 0.1) is 6.92 Å². The van der Waals surface area contributed by atoms with Crippen molar-refractivity contribution in [3.63, 3.8) is 0 Å². The Balaban J connectivity index is 1.91. The SMILES string of the molecule is Cc1cc2oc(=O)cc(CN(C)Cc3cccc(Cl)c3)c2cc1Cl. The molecule has 0 saturated heterocycles.